The van der Waals surface area contributed by atoms with Crippen molar-refractivity contribution < 1.29 is 4.79 Å². The van der Waals surface area contributed by atoms with E-state index in [-0.39, 0.29) is 11.9 Å². The number of benzene rings is 1. The Labute approximate surface area is 146 Å². The minimum absolute atomic E-state index is 0.0663. The zero-order valence-corrected chi connectivity index (χ0v) is 14.9. The van der Waals surface area contributed by atoms with Gasteiger partial charge in [0.25, 0.3) is 0 Å². The van der Waals surface area contributed by atoms with Crippen LogP contribution in [0.4, 0.5) is 0 Å². The van der Waals surface area contributed by atoms with Crippen LogP contribution in [0.3, 0.4) is 0 Å². The Hall–Kier alpha value is -1.86. The molecule has 2 rings (SSSR count). The molecule has 0 radical (unpaired) electrons. The maximum absolute atomic E-state index is 12.5. The first-order valence-electron chi connectivity index (χ1n) is 9.03. The van der Waals surface area contributed by atoms with E-state index in [0.29, 0.717) is 18.8 Å². The van der Waals surface area contributed by atoms with Crippen LogP contribution in [0.15, 0.2) is 30.3 Å². The van der Waals surface area contributed by atoms with Crippen LogP contribution in [-0.2, 0) is 11.2 Å². The largest absolute Gasteiger partial charge is 0.337 e. The monoisotopic (exact) mass is 327 g/mol. The molecule has 1 aliphatic rings. The summed E-state index contributed by atoms with van der Waals surface area (Å²) >= 11 is 0. The van der Waals surface area contributed by atoms with Gasteiger partial charge >= 0.3 is 0 Å². The van der Waals surface area contributed by atoms with E-state index in [4.69, 9.17) is 5.26 Å². The molecule has 0 aliphatic carbocycles. The molecular weight excluding hydrogens is 298 g/mol. The molecule has 0 spiro atoms. The first-order chi connectivity index (χ1) is 11.6. The zero-order chi connectivity index (χ0) is 17.4. The lowest BCUT2D eigenvalue weighted by atomic mass is 10.00. The van der Waals surface area contributed by atoms with Crippen LogP contribution in [0.25, 0.3) is 0 Å². The van der Waals surface area contributed by atoms with Crippen molar-refractivity contribution in [1.29, 1.82) is 5.26 Å². The summed E-state index contributed by atoms with van der Waals surface area (Å²) in [6.45, 7) is 7.75. The fourth-order valence-corrected chi connectivity index (χ4v) is 3.40. The lowest BCUT2D eigenvalue weighted by molar-refractivity contribution is -0.132. The number of rotatable bonds is 7. The van der Waals surface area contributed by atoms with Crippen molar-refractivity contribution in [2.24, 2.45) is 5.92 Å². The van der Waals surface area contributed by atoms with Crippen LogP contribution in [0.1, 0.15) is 38.7 Å². The Morgan fingerprint density at radius 1 is 1.17 bits per heavy atom. The van der Waals surface area contributed by atoms with Gasteiger partial charge < -0.3 is 9.80 Å². The number of carbonyl (C=O) groups excluding carboxylic acids is 1. The Balaban J connectivity index is 1.91. The second-order valence-electron chi connectivity index (χ2n) is 7.06. The van der Waals surface area contributed by atoms with Crippen LogP contribution >= 0.6 is 0 Å². The second kappa shape index (κ2) is 9.44. The minimum atomic E-state index is 0.0663. The van der Waals surface area contributed by atoms with Crippen molar-refractivity contribution in [3.8, 4) is 6.07 Å². The average molecular weight is 327 g/mol. The Kier molecular flexibility index (Phi) is 7.27. The Morgan fingerprint density at radius 2 is 1.92 bits per heavy atom. The van der Waals surface area contributed by atoms with Crippen molar-refractivity contribution in [2.75, 3.05) is 26.2 Å². The van der Waals surface area contributed by atoms with Crippen LogP contribution < -0.4 is 0 Å². The van der Waals surface area contributed by atoms with Crippen molar-refractivity contribution in [3.05, 3.63) is 35.9 Å². The summed E-state index contributed by atoms with van der Waals surface area (Å²) < 4.78 is 0. The predicted octanol–water partition coefficient (Wildman–Crippen LogP) is 3.09. The number of amides is 1. The van der Waals surface area contributed by atoms with E-state index in [1.54, 1.807) is 0 Å². The molecule has 0 aromatic heterocycles. The molecule has 1 fully saturated rings. The molecule has 1 saturated heterocycles. The lowest BCUT2D eigenvalue weighted by Crippen LogP contribution is -2.42. The second-order valence-corrected chi connectivity index (χ2v) is 7.06. The fraction of sp³-hybridized carbons (Fsp3) is 0.600. The molecule has 1 aromatic carbocycles. The van der Waals surface area contributed by atoms with E-state index in [2.05, 4.69) is 49.1 Å². The zero-order valence-electron chi connectivity index (χ0n) is 14.9. The minimum Gasteiger partial charge on any atom is -0.337 e. The molecule has 24 heavy (non-hydrogen) atoms. The van der Waals surface area contributed by atoms with Gasteiger partial charge in [-0.05, 0) is 24.3 Å². The summed E-state index contributed by atoms with van der Waals surface area (Å²) in [7, 11) is 0. The van der Waals surface area contributed by atoms with Crippen LogP contribution in [0.2, 0.25) is 0 Å². The number of hydrogen-bond donors (Lipinski definition) is 0. The normalized spacial score (nSPS) is 17.6. The smallest absolute Gasteiger partial charge is 0.224 e. The number of hydrogen-bond acceptors (Lipinski definition) is 3. The van der Waals surface area contributed by atoms with Gasteiger partial charge in [-0.3, -0.25) is 4.79 Å². The predicted molar refractivity (Wildman–Crippen MR) is 96.4 cm³/mol. The van der Waals surface area contributed by atoms with Crippen molar-refractivity contribution in [2.45, 2.75) is 45.6 Å². The number of nitrogens with zero attached hydrogens (tertiary/aromatic N) is 3. The molecule has 0 bridgehead atoms. The fourth-order valence-electron chi connectivity index (χ4n) is 3.40. The topological polar surface area (TPSA) is 47.3 Å². The van der Waals surface area contributed by atoms with E-state index < -0.39 is 0 Å². The summed E-state index contributed by atoms with van der Waals surface area (Å²) in [5.74, 6) is 0.701. The van der Waals surface area contributed by atoms with Gasteiger partial charge in [0.2, 0.25) is 5.91 Å². The highest BCUT2D eigenvalue weighted by Crippen LogP contribution is 2.18. The molecule has 130 valence electrons. The molecule has 1 heterocycles. The Morgan fingerprint density at radius 3 is 2.58 bits per heavy atom. The SMILES string of the molecule is CC(C)C[C@@H](CC#N)N1CCN(CCc2ccccc2)CCC1=O. The number of nitriles is 1. The van der Waals surface area contributed by atoms with Gasteiger partial charge in [-0.1, -0.05) is 44.2 Å². The van der Waals surface area contributed by atoms with E-state index in [9.17, 15) is 4.79 Å². The first-order valence-corrected chi connectivity index (χ1v) is 9.03. The molecule has 1 aliphatic heterocycles. The first kappa shape index (κ1) is 18.5. The molecular formula is C20H29N3O. The summed E-state index contributed by atoms with van der Waals surface area (Å²) in [5, 5.41) is 9.10. The van der Waals surface area contributed by atoms with Crippen molar-refractivity contribution in [3.63, 3.8) is 0 Å². The van der Waals surface area contributed by atoms with Crippen LogP contribution in [0, 0.1) is 17.2 Å². The molecule has 1 atom stereocenters. The third kappa shape index (κ3) is 5.65. The lowest BCUT2D eigenvalue weighted by Gasteiger charge is -2.30. The summed E-state index contributed by atoms with van der Waals surface area (Å²) in [5.41, 5.74) is 1.34. The molecule has 4 nitrogen and oxygen atoms in total. The van der Waals surface area contributed by atoms with E-state index >= 15 is 0 Å². The highest BCUT2D eigenvalue weighted by molar-refractivity contribution is 5.77. The maximum atomic E-state index is 12.5. The molecule has 4 heteroatoms. The molecule has 0 saturated carbocycles. The van der Waals surface area contributed by atoms with Gasteiger partial charge in [-0.25, -0.2) is 0 Å². The third-order valence-corrected chi connectivity index (χ3v) is 4.69. The van der Waals surface area contributed by atoms with Gasteiger partial charge in [0.1, 0.15) is 0 Å². The molecule has 1 amide bonds. The molecule has 0 unspecified atom stereocenters. The van der Waals surface area contributed by atoms with Gasteiger partial charge in [0, 0.05) is 38.6 Å². The molecule has 0 N–H and O–H groups in total. The standard InChI is InChI=1S/C20H29N3O/c1-17(2)16-19(8-11-21)23-15-14-22(13-10-20(23)24)12-9-18-6-4-3-5-7-18/h3-7,17,19H,8-10,12-16H2,1-2H3/t19-/m1/s1. The van der Waals surface area contributed by atoms with Gasteiger partial charge in [-0.15, -0.1) is 0 Å². The van der Waals surface area contributed by atoms with E-state index in [1.165, 1.54) is 5.56 Å². The average Bonchev–Trinajstić information content (AvgIpc) is 2.75. The summed E-state index contributed by atoms with van der Waals surface area (Å²) in [6, 6.07) is 12.8. The van der Waals surface area contributed by atoms with Crippen molar-refractivity contribution >= 4 is 5.91 Å². The summed E-state index contributed by atoms with van der Waals surface area (Å²) in [4.78, 5) is 16.9. The maximum Gasteiger partial charge on any atom is 0.224 e. The highest BCUT2D eigenvalue weighted by Gasteiger charge is 2.27. The quantitative estimate of drug-likeness (QED) is 0.773. The van der Waals surface area contributed by atoms with Crippen molar-refractivity contribution in [1.82, 2.24) is 9.80 Å². The van der Waals surface area contributed by atoms with Crippen LogP contribution in [0.5, 0.6) is 0 Å². The number of carbonyl (C=O) groups is 1. The van der Waals surface area contributed by atoms with Gasteiger partial charge in [0.05, 0.1) is 12.5 Å². The van der Waals surface area contributed by atoms with E-state index in [1.807, 2.05) is 11.0 Å². The third-order valence-electron chi connectivity index (χ3n) is 4.69. The van der Waals surface area contributed by atoms with Gasteiger partial charge in [0.15, 0.2) is 0 Å². The summed E-state index contributed by atoms with van der Waals surface area (Å²) in [6.07, 6.45) is 2.93. The van der Waals surface area contributed by atoms with Gasteiger partial charge in [-0.2, -0.15) is 5.26 Å². The highest BCUT2D eigenvalue weighted by atomic mass is 16.2. The van der Waals surface area contributed by atoms with Crippen LogP contribution in [-0.4, -0.2) is 47.9 Å². The molecule has 1 aromatic rings. The van der Waals surface area contributed by atoms with E-state index in [0.717, 1.165) is 39.0 Å². The Bertz CT molecular complexity index is 550.